The van der Waals surface area contributed by atoms with Crippen LogP contribution in [-0.2, 0) is 23.1 Å². The minimum Gasteiger partial charge on any atom is -0.469 e. The summed E-state index contributed by atoms with van der Waals surface area (Å²) in [5.41, 5.74) is 1.09. The third-order valence-electron chi connectivity index (χ3n) is 3.84. The number of aliphatic imine (C=N–C) groups is 1. The topological polar surface area (TPSA) is 71.8 Å². The van der Waals surface area contributed by atoms with Gasteiger partial charge in [-0.2, -0.15) is 5.10 Å². The van der Waals surface area contributed by atoms with E-state index in [1.165, 1.54) is 7.11 Å². The van der Waals surface area contributed by atoms with E-state index in [0.717, 1.165) is 18.1 Å². The molecular weight excluding hydrogens is 397 g/mol. The van der Waals surface area contributed by atoms with Gasteiger partial charge in [-0.1, -0.05) is 6.92 Å². The molecule has 22 heavy (non-hydrogen) atoms. The Bertz CT molecular complexity index is 531. The van der Waals surface area contributed by atoms with Crippen LogP contribution in [-0.4, -0.2) is 53.9 Å². The van der Waals surface area contributed by atoms with Crippen LogP contribution in [0.5, 0.6) is 0 Å². The molecule has 1 saturated heterocycles. The predicted octanol–water partition coefficient (Wildman–Crippen LogP) is 0.854. The first-order valence-electron chi connectivity index (χ1n) is 7.06. The Morgan fingerprint density at radius 3 is 2.82 bits per heavy atom. The number of nitrogens with zero attached hydrogens (tertiary/aromatic N) is 4. The van der Waals surface area contributed by atoms with Crippen LogP contribution in [0.25, 0.3) is 0 Å². The van der Waals surface area contributed by atoms with Crippen molar-refractivity contribution in [2.45, 2.75) is 13.5 Å². The average molecular weight is 421 g/mol. The van der Waals surface area contributed by atoms with Crippen LogP contribution >= 0.6 is 24.0 Å². The SMILES string of the molecule is CN=C(NCc1cnn(C)c1)N1CC(C)C(C(=O)OC)C1.I. The fourth-order valence-corrected chi connectivity index (χ4v) is 2.67. The van der Waals surface area contributed by atoms with Crippen molar-refractivity contribution in [2.24, 2.45) is 23.9 Å². The highest BCUT2D eigenvalue weighted by Crippen LogP contribution is 2.24. The van der Waals surface area contributed by atoms with Crippen LogP contribution in [0, 0.1) is 11.8 Å². The van der Waals surface area contributed by atoms with Crippen molar-refractivity contribution in [2.75, 3.05) is 27.2 Å². The Morgan fingerprint density at radius 1 is 1.55 bits per heavy atom. The Hall–Kier alpha value is -1.32. The van der Waals surface area contributed by atoms with Gasteiger partial charge in [0.2, 0.25) is 0 Å². The molecule has 1 fully saturated rings. The molecule has 8 heteroatoms. The monoisotopic (exact) mass is 421 g/mol. The Labute approximate surface area is 148 Å². The highest BCUT2D eigenvalue weighted by molar-refractivity contribution is 14.0. The fourth-order valence-electron chi connectivity index (χ4n) is 2.67. The van der Waals surface area contributed by atoms with Crippen molar-refractivity contribution in [3.8, 4) is 0 Å². The van der Waals surface area contributed by atoms with Gasteiger partial charge < -0.3 is 15.0 Å². The molecule has 2 heterocycles. The number of ether oxygens (including phenoxy) is 1. The summed E-state index contributed by atoms with van der Waals surface area (Å²) in [5.74, 6) is 0.825. The lowest BCUT2D eigenvalue weighted by Gasteiger charge is -2.21. The summed E-state index contributed by atoms with van der Waals surface area (Å²) in [7, 11) is 5.08. The Morgan fingerprint density at radius 2 is 2.27 bits per heavy atom. The molecule has 0 bridgehead atoms. The molecule has 2 atom stereocenters. The maximum Gasteiger partial charge on any atom is 0.310 e. The molecule has 2 unspecified atom stereocenters. The van der Waals surface area contributed by atoms with Gasteiger partial charge in [0.05, 0.1) is 19.2 Å². The van der Waals surface area contributed by atoms with Crippen molar-refractivity contribution in [3.05, 3.63) is 18.0 Å². The molecule has 0 aliphatic carbocycles. The summed E-state index contributed by atoms with van der Waals surface area (Å²) in [4.78, 5) is 18.1. The number of rotatable bonds is 3. The van der Waals surface area contributed by atoms with Crippen LogP contribution in [0.3, 0.4) is 0 Å². The fraction of sp³-hybridized carbons (Fsp3) is 0.643. The van der Waals surface area contributed by atoms with Crippen molar-refractivity contribution in [3.63, 3.8) is 0 Å². The molecule has 1 N–H and O–H groups in total. The molecule has 1 aliphatic rings. The molecule has 0 aromatic carbocycles. The van der Waals surface area contributed by atoms with E-state index >= 15 is 0 Å². The zero-order chi connectivity index (χ0) is 15.4. The number of carbonyl (C=O) groups excluding carboxylic acids is 1. The molecule has 0 radical (unpaired) electrons. The van der Waals surface area contributed by atoms with E-state index < -0.39 is 0 Å². The third-order valence-corrected chi connectivity index (χ3v) is 3.84. The van der Waals surface area contributed by atoms with Crippen molar-refractivity contribution in [1.29, 1.82) is 0 Å². The Balaban J connectivity index is 0.00000242. The van der Waals surface area contributed by atoms with E-state index in [1.807, 2.05) is 19.4 Å². The molecule has 7 nitrogen and oxygen atoms in total. The quantitative estimate of drug-likeness (QED) is 0.339. The highest BCUT2D eigenvalue weighted by Gasteiger charge is 2.36. The predicted molar refractivity (Wildman–Crippen MR) is 95.1 cm³/mol. The number of halogens is 1. The number of aromatic nitrogens is 2. The standard InChI is InChI=1S/C14H23N5O2.HI/c1-10-7-19(9-12(10)13(20)21-4)14(15-2)16-5-11-6-17-18(3)8-11;/h6,8,10,12H,5,7,9H2,1-4H3,(H,15,16);1H. The number of esters is 1. The van der Waals surface area contributed by atoms with Crippen molar-refractivity contribution < 1.29 is 9.53 Å². The smallest absolute Gasteiger partial charge is 0.310 e. The highest BCUT2D eigenvalue weighted by atomic mass is 127. The number of likely N-dealkylation sites (tertiary alicyclic amines) is 1. The van der Waals surface area contributed by atoms with E-state index in [-0.39, 0.29) is 41.8 Å². The number of methoxy groups -OCH3 is 1. The number of carbonyl (C=O) groups is 1. The van der Waals surface area contributed by atoms with Gasteiger partial charge >= 0.3 is 5.97 Å². The van der Waals surface area contributed by atoms with E-state index in [0.29, 0.717) is 13.1 Å². The Kier molecular flexibility index (Phi) is 7.11. The number of hydrogen-bond acceptors (Lipinski definition) is 4. The third kappa shape index (κ3) is 4.34. The summed E-state index contributed by atoms with van der Waals surface area (Å²) in [6.07, 6.45) is 3.79. The molecule has 124 valence electrons. The molecular formula is C14H24IN5O2. The normalized spacial score (nSPS) is 21.5. The molecule has 0 amide bonds. The van der Waals surface area contributed by atoms with Gasteiger partial charge in [0.1, 0.15) is 0 Å². The van der Waals surface area contributed by atoms with Crippen LogP contribution in [0.1, 0.15) is 12.5 Å². The number of guanidine groups is 1. The summed E-state index contributed by atoms with van der Waals surface area (Å²) < 4.78 is 6.63. The van der Waals surface area contributed by atoms with Gasteiger partial charge in [0, 0.05) is 45.5 Å². The van der Waals surface area contributed by atoms with Gasteiger partial charge in [0.15, 0.2) is 5.96 Å². The lowest BCUT2D eigenvalue weighted by molar-refractivity contribution is -0.145. The largest absolute Gasteiger partial charge is 0.469 e. The van der Waals surface area contributed by atoms with Crippen LogP contribution < -0.4 is 5.32 Å². The average Bonchev–Trinajstić information content (AvgIpc) is 3.05. The maximum atomic E-state index is 11.7. The molecule has 1 aromatic heterocycles. The maximum absolute atomic E-state index is 11.7. The molecule has 1 aliphatic heterocycles. The van der Waals surface area contributed by atoms with Crippen LogP contribution in [0.2, 0.25) is 0 Å². The number of hydrogen-bond donors (Lipinski definition) is 1. The number of aryl methyl sites for hydroxylation is 1. The van der Waals surface area contributed by atoms with E-state index in [2.05, 4.69) is 27.2 Å². The van der Waals surface area contributed by atoms with Crippen molar-refractivity contribution >= 4 is 35.9 Å². The second-order valence-corrected chi connectivity index (χ2v) is 5.43. The van der Waals surface area contributed by atoms with Gasteiger partial charge in [-0.15, -0.1) is 24.0 Å². The minimum absolute atomic E-state index is 0. The summed E-state index contributed by atoms with van der Waals surface area (Å²) in [6.45, 7) is 4.16. The van der Waals surface area contributed by atoms with E-state index in [9.17, 15) is 4.79 Å². The second kappa shape index (κ2) is 8.35. The lowest BCUT2D eigenvalue weighted by Crippen LogP contribution is -2.40. The second-order valence-electron chi connectivity index (χ2n) is 5.43. The summed E-state index contributed by atoms with van der Waals surface area (Å²) >= 11 is 0. The van der Waals surface area contributed by atoms with Crippen LogP contribution in [0.4, 0.5) is 0 Å². The first kappa shape index (κ1) is 18.7. The molecule has 0 spiro atoms. The van der Waals surface area contributed by atoms with Crippen molar-refractivity contribution in [1.82, 2.24) is 20.0 Å². The van der Waals surface area contributed by atoms with Gasteiger partial charge in [-0.05, 0) is 5.92 Å². The first-order chi connectivity index (χ1) is 10.0. The summed E-state index contributed by atoms with van der Waals surface area (Å²) in [6, 6.07) is 0. The molecule has 2 rings (SSSR count). The lowest BCUT2D eigenvalue weighted by atomic mass is 9.99. The minimum atomic E-state index is -0.146. The number of nitrogens with one attached hydrogen (secondary N) is 1. The van der Waals surface area contributed by atoms with E-state index in [4.69, 9.17) is 4.74 Å². The van der Waals surface area contributed by atoms with E-state index in [1.54, 1.807) is 11.7 Å². The van der Waals surface area contributed by atoms with Crippen LogP contribution in [0.15, 0.2) is 17.4 Å². The zero-order valence-corrected chi connectivity index (χ0v) is 15.8. The van der Waals surface area contributed by atoms with Gasteiger partial charge in [-0.25, -0.2) is 0 Å². The zero-order valence-electron chi connectivity index (χ0n) is 13.4. The molecule has 1 aromatic rings. The van der Waals surface area contributed by atoms with Gasteiger partial charge in [-0.3, -0.25) is 14.5 Å². The summed E-state index contributed by atoms with van der Waals surface area (Å²) in [5, 5.41) is 7.45. The molecule has 0 saturated carbocycles. The van der Waals surface area contributed by atoms with Gasteiger partial charge in [0.25, 0.3) is 0 Å². The first-order valence-corrected chi connectivity index (χ1v) is 7.06.